The van der Waals surface area contributed by atoms with Crippen molar-refractivity contribution < 1.29 is 13.2 Å². The Kier molecular flexibility index (Phi) is 5.89. The number of benzene rings is 1. The molecule has 1 aliphatic heterocycles. The van der Waals surface area contributed by atoms with E-state index >= 15 is 0 Å². The summed E-state index contributed by atoms with van der Waals surface area (Å²) in [6, 6.07) is 6.75. The molecule has 0 aliphatic carbocycles. The van der Waals surface area contributed by atoms with Gasteiger partial charge in [-0.05, 0) is 49.6 Å². The van der Waals surface area contributed by atoms with Crippen LogP contribution in [0.1, 0.15) is 18.4 Å². The second kappa shape index (κ2) is 8.13. The Morgan fingerprint density at radius 2 is 2.03 bits per heavy atom. The molecule has 0 saturated carbocycles. The van der Waals surface area contributed by atoms with Crippen molar-refractivity contribution in [3.8, 4) is 0 Å². The van der Waals surface area contributed by atoms with Crippen LogP contribution in [0, 0.1) is 12.8 Å². The fraction of sp³-hybridized carbons (Fsp3) is 0.333. The zero-order chi connectivity index (χ0) is 20.8. The molecule has 1 saturated heterocycles. The summed E-state index contributed by atoms with van der Waals surface area (Å²) in [4.78, 5) is 17.3. The fourth-order valence-electron chi connectivity index (χ4n) is 3.30. The van der Waals surface area contributed by atoms with Gasteiger partial charge in [0.2, 0.25) is 5.91 Å². The SMILES string of the molecule is Cc1c(Cl)ccc2sc(NC(=O)C3CCCN(S(=O)(=O)c4ccc(Cl)s4)C3)nc12. The van der Waals surface area contributed by atoms with Crippen molar-refractivity contribution >= 4 is 77.2 Å². The number of nitrogens with one attached hydrogen (secondary N) is 1. The molecule has 0 spiro atoms. The van der Waals surface area contributed by atoms with Gasteiger partial charge in [-0.2, -0.15) is 4.31 Å². The van der Waals surface area contributed by atoms with Gasteiger partial charge in [0, 0.05) is 18.1 Å². The number of nitrogens with zero attached hydrogens (tertiary/aromatic N) is 2. The van der Waals surface area contributed by atoms with Crippen LogP contribution in [0.5, 0.6) is 0 Å². The van der Waals surface area contributed by atoms with Crippen LogP contribution < -0.4 is 5.32 Å². The van der Waals surface area contributed by atoms with Gasteiger partial charge in [0.25, 0.3) is 10.0 Å². The van der Waals surface area contributed by atoms with Crippen LogP contribution >= 0.6 is 45.9 Å². The van der Waals surface area contributed by atoms with E-state index in [0.29, 0.717) is 33.9 Å². The highest BCUT2D eigenvalue weighted by molar-refractivity contribution is 7.91. The Hall–Kier alpha value is -1.23. The highest BCUT2D eigenvalue weighted by atomic mass is 35.5. The Balaban J connectivity index is 1.50. The van der Waals surface area contributed by atoms with Crippen LogP contribution in [-0.2, 0) is 14.8 Å². The third-order valence-electron chi connectivity index (χ3n) is 4.88. The summed E-state index contributed by atoms with van der Waals surface area (Å²) >= 11 is 14.4. The molecular weight excluding hydrogens is 473 g/mol. The number of halogens is 2. The number of hydrogen-bond donors (Lipinski definition) is 1. The van der Waals surface area contributed by atoms with Crippen LogP contribution in [0.2, 0.25) is 9.36 Å². The predicted molar refractivity (Wildman–Crippen MR) is 119 cm³/mol. The first-order valence-corrected chi connectivity index (χ1v) is 12.7. The smallest absolute Gasteiger partial charge is 0.252 e. The van der Waals surface area contributed by atoms with Gasteiger partial charge < -0.3 is 5.32 Å². The Bertz CT molecular complexity index is 1190. The standard InChI is InChI=1S/C18H17Cl2N3O3S3/c1-10-12(19)4-5-13-16(10)21-18(27-13)22-17(24)11-3-2-8-23(9-11)29(25,26)15-7-6-14(20)28-15/h4-7,11H,2-3,8-9H2,1H3,(H,21,22,24). The number of sulfonamides is 1. The van der Waals surface area contributed by atoms with Crippen LogP contribution in [0.3, 0.4) is 0 Å². The monoisotopic (exact) mass is 489 g/mol. The normalized spacial score (nSPS) is 18.2. The highest BCUT2D eigenvalue weighted by Crippen LogP contribution is 2.33. The van der Waals surface area contributed by atoms with E-state index < -0.39 is 15.9 Å². The fourth-order valence-corrected chi connectivity index (χ4v) is 7.54. The number of hydrogen-bond acceptors (Lipinski definition) is 6. The minimum atomic E-state index is -3.65. The number of carbonyl (C=O) groups excluding carboxylic acids is 1. The highest BCUT2D eigenvalue weighted by Gasteiger charge is 2.34. The van der Waals surface area contributed by atoms with Crippen molar-refractivity contribution in [2.75, 3.05) is 18.4 Å². The number of amides is 1. The molecule has 4 rings (SSSR count). The number of fused-ring (bicyclic) bond motifs is 1. The minimum Gasteiger partial charge on any atom is -0.302 e. The lowest BCUT2D eigenvalue weighted by Gasteiger charge is -2.30. The lowest BCUT2D eigenvalue weighted by atomic mass is 9.99. The van der Waals surface area contributed by atoms with Crippen molar-refractivity contribution in [3.05, 3.63) is 39.2 Å². The Labute approximate surface area is 186 Å². The summed E-state index contributed by atoms with van der Waals surface area (Å²) in [6.07, 6.45) is 1.24. The van der Waals surface area contributed by atoms with E-state index in [1.165, 1.54) is 21.7 Å². The number of thiophene rings is 1. The number of anilines is 1. The summed E-state index contributed by atoms with van der Waals surface area (Å²) < 4.78 is 28.6. The van der Waals surface area contributed by atoms with E-state index in [2.05, 4.69) is 10.3 Å². The van der Waals surface area contributed by atoms with E-state index in [-0.39, 0.29) is 16.7 Å². The molecule has 0 radical (unpaired) electrons. The Morgan fingerprint density at radius 1 is 1.24 bits per heavy atom. The first-order valence-electron chi connectivity index (χ1n) is 8.87. The molecular formula is C18H17Cl2N3O3S3. The molecule has 1 N–H and O–H groups in total. The molecule has 154 valence electrons. The van der Waals surface area contributed by atoms with Crippen molar-refractivity contribution in [1.82, 2.24) is 9.29 Å². The molecule has 1 aromatic carbocycles. The first kappa shape index (κ1) is 21.0. The number of aromatic nitrogens is 1. The largest absolute Gasteiger partial charge is 0.302 e. The van der Waals surface area contributed by atoms with Crippen molar-refractivity contribution in [3.63, 3.8) is 0 Å². The van der Waals surface area contributed by atoms with E-state index in [0.717, 1.165) is 27.1 Å². The Morgan fingerprint density at radius 3 is 2.76 bits per heavy atom. The number of aryl methyl sites for hydroxylation is 1. The summed E-state index contributed by atoms with van der Waals surface area (Å²) in [7, 11) is -3.65. The third kappa shape index (κ3) is 4.17. The van der Waals surface area contributed by atoms with Gasteiger partial charge in [-0.3, -0.25) is 4.79 Å². The van der Waals surface area contributed by atoms with Gasteiger partial charge in [0.1, 0.15) is 4.21 Å². The molecule has 11 heteroatoms. The van der Waals surface area contributed by atoms with Crippen molar-refractivity contribution in [1.29, 1.82) is 0 Å². The van der Waals surface area contributed by atoms with Crippen molar-refractivity contribution in [2.45, 2.75) is 24.0 Å². The average molecular weight is 490 g/mol. The topological polar surface area (TPSA) is 79.4 Å². The number of carbonyl (C=O) groups is 1. The van der Waals surface area contributed by atoms with Gasteiger partial charge >= 0.3 is 0 Å². The molecule has 1 amide bonds. The summed E-state index contributed by atoms with van der Waals surface area (Å²) in [5, 5.41) is 3.96. The average Bonchev–Trinajstić information content (AvgIpc) is 3.31. The van der Waals surface area contributed by atoms with E-state index in [4.69, 9.17) is 23.2 Å². The predicted octanol–water partition coefficient (Wildman–Crippen LogP) is 5.01. The van der Waals surface area contributed by atoms with Crippen LogP contribution in [0.25, 0.3) is 10.2 Å². The molecule has 29 heavy (non-hydrogen) atoms. The van der Waals surface area contributed by atoms with Gasteiger partial charge in [-0.25, -0.2) is 13.4 Å². The zero-order valence-electron chi connectivity index (χ0n) is 15.3. The van der Waals surface area contributed by atoms with Gasteiger partial charge in [-0.1, -0.05) is 34.5 Å². The van der Waals surface area contributed by atoms with Gasteiger partial charge in [-0.15, -0.1) is 11.3 Å². The van der Waals surface area contributed by atoms with Gasteiger partial charge in [0.05, 0.1) is 20.5 Å². The molecule has 6 nitrogen and oxygen atoms in total. The third-order valence-corrected chi connectivity index (χ3v) is 9.78. The molecule has 1 atom stereocenters. The van der Waals surface area contributed by atoms with E-state index in [1.54, 1.807) is 6.07 Å². The number of rotatable bonds is 4. The van der Waals surface area contributed by atoms with E-state index in [1.807, 2.05) is 19.1 Å². The number of piperidine rings is 1. The van der Waals surface area contributed by atoms with Gasteiger partial charge in [0.15, 0.2) is 5.13 Å². The van der Waals surface area contributed by atoms with E-state index in [9.17, 15) is 13.2 Å². The maximum absolute atomic E-state index is 12.8. The zero-order valence-corrected chi connectivity index (χ0v) is 19.3. The van der Waals surface area contributed by atoms with Crippen LogP contribution in [-0.4, -0.2) is 36.7 Å². The molecule has 2 aromatic heterocycles. The lowest BCUT2D eigenvalue weighted by Crippen LogP contribution is -2.43. The quantitative estimate of drug-likeness (QED) is 0.558. The summed E-state index contributed by atoms with van der Waals surface area (Å²) in [5.74, 6) is -0.664. The molecule has 1 fully saturated rings. The summed E-state index contributed by atoms with van der Waals surface area (Å²) in [5.41, 5.74) is 1.63. The lowest BCUT2D eigenvalue weighted by molar-refractivity contribution is -0.120. The summed E-state index contributed by atoms with van der Waals surface area (Å²) in [6.45, 7) is 2.41. The van der Waals surface area contributed by atoms with Crippen LogP contribution in [0.4, 0.5) is 5.13 Å². The minimum absolute atomic E-state index is 0.138. The molecule has 0 bridgehead atoms. The molecule has 1 aliphatic rings. The molecule has 3 heterocycles. The number of thiazole rings is 1. The molecule has 3 aromatic rings. The first-order chi connectivity index (χ1) is 13.8. The maximum Gasteiger partial charge on any atom is 0.252 e. The second-order valence-electron chi connectivity index (χ2n) is 6.79. The molecule has 1 unspecified atom stereocenters. The van der Waals surface area contributed by atoms with Crippen molar-refractivity contribution in [2.24, 2.45) is 5.92 Å². The van der Waals surface area contributed by atoms with Crippen LogP contribution in [0.15, 0.2) is 28.5 Å². The maximum atomic E-state index is 12.8. The second-order valence-corrected chi connectivity index (χ2v) is 12.1.